The average Bonchev–Trinajstić information content (AvgIpc) is 2.47. The van der Waals surface area contributed by atoms with Crippen molar-refractivity contribution in [3.8, 4) is 5.75 Å². The molecule has 20 heavy (non-hydrogen) atoms. The molecule has 3 heteroatoms. The van der Waals surface area contributed by atoms with Crippen molar-refractivity contribution >= 4 is 0 Å². The maximum atomic E-state index is 12.8. The van der Waals surface area contributed by atoms with Gasteiger partial charge in [0.05, 0.1) is 13.2 Å². The van der Waals surface area contributed by atoms with Gasteiger partial charge in [-0.2, -0.15) is 0 Å². The summed E-state index contributed by atoms with van der Waals surface area (Å²) in [5.74, 6) is 0.745. The Morgan fingerprint density at radius 2 is 1.60 bits per heavy atom. The molecule has 0 aromatic heterocycles. The number of rotatable bonds is 7. The zero-order chi connectivity index (χ0) is 14.2. The SMILES string of the molecule is CCOc1ccc(C[NH2+]CCc2ccc(F)cc2)cc1. The van der Waals surface area contributed by atoms with Gasteiger partial charge in [-0.05, 0) is 48.9 Å². The zero-order valence-electron chi connectivity index (χ0n) is 11.8. The summed E-state index contributed by atoms with van der Waals surface area (Å²) in [4.78, 5) is 0. The van der Waals surface area contributed by atoms with Crippen molar-refractivity contribution in [2.24, 2.45) is 0 Å². The zero-order valence-corrected chi connectivity index (χ0v) is 11.8. The molecule has 2 aromatic rings. The van der Waals surface area contributed by atoms with Crippen LogP contribution in [0.1, 0.15) is 18.1 Å². The Bertz CT molecular complexity index is 508. The average molecular weight is 274 g/mol. The Labute approximate surface area is 119 Å². The normalized spacial score (nSPS) is 10.5. The molecule has 0 fully saturated rings. The molecule has 2 rings (SSSR count). The number of benzene rings is 2. The molecule has 0 saturated heterocycles. The van der Waals surface area contributed by atoms with Crippen molar-refractivity contribution in [2.75, 3.05) is 13.2 Å². The molecule has 0 aliphatic heterocycles. The van der Waals surface area contributed by atoms with E-state index in [4.69, 9.17) is 4.74 Å². The van der Waals surface area contributed by atoms with E-state index in [1.54, 1.807) is 0 Å². The molecular formula is C17H21FNO+. The van der Waals surface area contributed by atoms with Gasteiger partial charge >= 0.3 is 0 Å². The Hall–Kier alpha value is -1.87. The topological polar surface area (TPSA) is 25.8 Å². The van der Waals surface area contributed by atoms with E-state index in [1.165, 1.54) is 23.3 Å². The Kier molecular flexibility index (Phi) is 5.56. The molecule has 0 atom stereocenters. The minimum atomic E-state index is -0.174. The first kappa shape index (κ1) is 14.5. The number of hydrogen-bond donors (Lipinski definition) is 1. The maximum Gasteiger partial charge on any atom is 0.123 e. The molecule has 0 saturated carbocycles. The summed E-state index contributed by atoms with van der Waals surface area (Å²) < 4.78 is 18.2. The predicted octanol–water partition coefficient (Wildman–Crippen LogP) is 2.53. The quantitative estimate of drug-likeness (QED) is 0.771. The van der Waals surface area contributed by atoms with E-state index in [0.717, 1.165) is 25.3 Å². The second-order valence-corrected chi connectivity index (χ2v) is 4.73. The van der Waals surface area contributed by atoms with Crippen LogP contribution in [0.25, 0.3) is 0 Å². The van der Waals surface area contributed by atoms with Gasteiger partial charge in [-0.15, -0.1) is 0 Å². The van der Waals surface area contributed by atoms with Crippen LogP contribution in [-0.2, 0) is 13.0 Å². The van der Waals surface area contributed by atoms with Crippen molar-refractivity contribution in [3.63, 3.8) is 0 Å². The van der Waals surface area contributed by atoms with Gasteiger partial charge in [-0.3, -0.25) is 0 Å². The fourth-order valence-corrected chi connectivity index (χ4v) is 2.08. The highest BCUT2D eigenvalue weighted by atomic mass is 19.1. The molecule has 2 nitrogen and oxygen atoms in total. The van der Waals surface area contributed by atoms with Crippen molar-refractivity contribution in [2.45, 2.75) is 19.9 Å². The standard InChI is InChI=1S/C17H20FNO/c1-2-20-17-9-5-15(6-10-17)13-19-12-11-14-3-7-16(18)8-4-14/h3-10,19H,2,11-13H2,1H3/p+1. The van der Waals surface area contributed by atoms with Crippen LogP contribution in [0.15, 0.2) is 48.5 Å². The van der Waals surface area contributed by atoms with Gasteiger partial charge in [0.2, 0.25) is 0 Å². The lowest BCUT2D eigenvalue weighted by atomic mass is 10.1. The molecule has 2 N–H and O–H groups in total. The molecule has 2 aromatic carbocycles. The van der Waals surface area contributed by atoms with Crippen LogP contribution in [0.5, 0.6) is 5.75 Å². The largest absolute Gasteiger partial charge is 0.494 e. The summed E-state index contributed by atoms with van der Waals surface area (Å²) in [6.07, 6.45) is 0.956. The van der Waals surface area contributed by atoms with Crippen LogP contribution in [0, 0.1) is 5.82 Å². The summed E-state index contributed by atoms with van der Waals surface area (Å²) in [6.45, 7) is 4.63. The molecule has 0 aliphatic rings. The third-order valence-electron chi connectivity index (χ3n) is 3.16. The van der Waals surface area contributed by atoms with Crippen LogP contribution in [-0.4, -0.2) is 13.2 Å². The Balaban J connectivity index is 1.71. The van der Waals surface area contributed by atoms with E-state index >= 15 is 0 Å². The van der Waals surface area contributed by atoms with Crippen LogP contribution >= 0.6 is 0 Å². The van der Waals surface area contributed by atoms with E-state index in [2.05, 4.69) is 17.4 Å². The minimum Gasteiger partial charge on any atom is -0.494 e. The van der Waals surface area contributed by atoms with Crippen molar-refractivity contribution in [1.29, 1.82) is 0 Å². The molecule has 0 unspecified atom stereocenters. The van der Waals surface area contributed by atoms with Gasteiger partial charge in [0.15, 0.2) is 0 Å². The molecule has 0 heterocycles. The number of ether oxygens (including phenoxy) is 1. The first-order valence-electron chi connectivity index (χ1n) is 7.06. The number of halogens is 1. The van der Waals surface area contributed by atoms with Crippen LogP contribution in [0.3, 0.4) is 0 Å². The molecule has 0 amide bonds. The smallest absolute Gasteiger partial charge is 0.123 e. The monoisotopic (exact) mass is 274 g/mol. The second kappa shape index (κ2) is 7.65. The molecular weight excluding hydrogens is 253 g/mol. The lowest BCUT2D eigenvalue weighted by Crippen LogP contribution is -2.83. The lowest BCUT2D eigenvalue weighted by Gasteiger charge is -2.05. The highest BCUT2D eigenvalue weighted by Gasteiger charge is 1.99. The molecule has 0 spiro atoms. The lowest BCUT2D eigenvalue weighted by molar-refractivity contribution is -0.670. The molecule has 106 valence electrons. The van der Waals surface area contributed by atoms with Gasteiger partial charge in [0.25, 0.3) is 0 Å². The predicted molar refractivity (Wildman–Crippen MR) is 78.2 cm³/mol. The number of hydrogen-bond acceptors (Lipinski definition) is 1. The van der Waals surface area contributed by atoms with E-state index in [1.807, 2.05) is 31.2 Å². The Morgan fingerprint density at radius 1 is 0.950 bits per heavy atom. The van der Waals surface area contributed by atoms with E-state index in [9.17, 15) is 4.39 Å². The molecule has 0 radical (unpaired) electrons. The fraction of sp³-hybridized carbons (Fsp3) is 0.294. The summed E-state index contributed by atoms with van der Waals surface area (Å²) >= 11 is 0. The van der Waals surface area contributed by atoms with Crippen LogP contribution in [0.2, 0.25) is 0 Å². The maximum absolute atomic E-state index is 12.8. The fourth-order valence-electron chi connectivity index (χ4n) is 2.08. The second-order valence-electron chi connectivity index (χ2n) is 4.73. The first-order valence-corrected chi connectivity index (χ1v) is 7.06. The number of nitrogens with two attached hydrogens (primary N) is 1. The number of quaternary nitrogens is 1. The van der Waals surface area contributed by atoms with Crippen LogP contribution in [0.4, 0.5) is 4.39 Å². The summed E-state index contributed by atoms with van der Waals surface area (Å²) in [5.41, 5.74) is 2.46. The molecule has 0 bridgehead atoms. The highest BCUT2D eigenvalue weighted by Crippen LogP contribution is 2.11. The van der Waals surface area contributed by atoms with Crippen LogP contribution < -0.4 is 10.1 Å². The van der Waals surface area contributed by atoms with E-state index in [-0.39, 0.29) is 5.82 Å². The third kappa shape index (κ3) is 4.67. The summed E-state index contributed by atoms with van der Waals surface area (Å²) in [6, 6.07) is 14.9. The molecule has 0 aliphatic carbocycles. The van der Waals surface area contributed by atoms with Gasteiger partial charge in [-0.1, -0.05) is 12.1 Å². The summed E-state index contributed by atoms with van der Waals surface area (Å²) in [5, 5.41) is 2.26. The third-order valence-corrected chi connectivity index (χ3v) is 3.16. The van der Waals surface area contributed by atoms with Gasteiger partial charge in [0, 0.05) is 12.0 Å². The Morgan fingerprint density at radius 3 is 2.25 bits per heavy atom. The van der Waals surface area contributed by atoms with Gasteiger partial charge in [0.1, 0.15) is 18.1 Å². The van der Waals surface area contributed by atoms with E-state index in [0.29, 0.717) is 6.61 Å². The van der Waals surface area contributed by atoms with Crippen molar-refractivity contribution in [1.82, 2.24) is 0 Å². The highest BCUT2D eigenvalue weighted by molar-refractivity contribution is 5.26. The van der Waals surface area contributed by atoms with E-state index < -0.39 is 0 Å². The van der Waals surface area contributed by atoms with Crippen molar-refractivity contribution < 1.29 is 14.4 Å². The van der Waals surface area contributed by atoms with Crippen molar-refractivity contribution in [3.05, 3.63) is 65.5 Å². The minimum absolute atomic E-state index is 0.174. The first-order chi connectivity index (χ1) is 9.78. The van der Waals surface area contributed by atoms with Gasteiger partial charge < -0.3 is 10.1 Å². The van der Waals surface area contributed by atoms with Gasteiger partial charge in [-0.25, -0.2) is 4.39 Å². The summed E-state index contributed by atoms with van der Waals surface area (Å²) in [7, 11) is 0.